The van der Waals surface area contributed by atoms with Gasteiger partial charge in [-0.25, -0.2) is 0 Å². The first kappa shape index (κ1) is 17.7. The molecule has 1 amide bonds. The first-order valence-electron chi connectivity index (χ1n) is 8.65. The van der Waals surface area contributed by atoms with Gasteiger partial charge in [-0.3, -0.25) is 9.48 Å². The number of amides is 1. The van der Waals surface area contributed by atoms with E-state index in [1.807, 2.05) is 73.3 Å². The highest BCUT2D eigenvalue weighted by Crippen LogP contribution is 2.18. The van der Waals surface area contributed by atoms with Gasteiger partial charge in [-0.1, -0.05) is 42.5 Å². The van der Waals surface area contributed by atoms with E-state index in [9.17, 15) is 4.79 Å². The third-order valence-corrected chi connectivity index (χ3v) is 4.49. The fourth-order valence-corrected chi connectivity index (χ4v) is 2.90. The second-order valence-electron chi connectivity index (χ2n) is 6.38. The highest BCUT2D eigenvalue weighted by molar-refractivity contribution is 6.01. The number of aromatic nitrogens is 2. The molecule has 1 N–H and O–H groups in total. The Morgan fingerprint density at radius 2 is 1.77 bits per heavy atom. The molecule has 132 valence electrons. The van der Waals surface area contributed by atoms with Crippen LogP contribution < -0.4 is 5.32 Å². The molecule has 0 atom stereocenters. The number of nitrogens with zero attached hydrogens (tertiary/aromatic N) is 2. The van der Waals surface area contributed by atoms with E-state index in [4.69, 9.17) is 0 Å². The molecule has 2 aromatic carbocycles. The van der Waals surface area contributed by atoms with Crippen LogP contribution in [0, 0.1) is 13.8 Å². The smallest absolute Gasteiger partial charge is 0.248 e. The molecule has 0 spiro atoms. The first-order valence-corrected chi connectivity index (χ1v) is 8.65. The fraction of sp³-hybridized carbons (Fsp3) is 0.182. The van der Waals surface area contributed by atoms with Gasteiger partial charge in [0.15, 0.2) is 0 Å². The van der Waals surface area contributed by atoms with Crippen molar-refractivity contribution in [2.24, 2.45) is 7.05 Å². The van der Waals surface area contributed by atoms with E-state index >= 15 is 0 Å². The molecule has 0 unspecified atom stereocenters. The van der Waals surface area contributed by atoms with Crippen LogP contribution in [0.5, 0.6) is 0 Å². The molecule has 26 heavy (non-hydrogen) atoms. The number of rotatable bonds is 5. The summed E-state index contributed by atoms with van der Waals surface area (Å²) in [7, 11) is 1.97. The number of carbonyl (C=O) groups is 1. The first-order chi connectivity index (χ1) is 12.5. The third-order valence-electron chi connectivity index (χ3n) is 4.49. The molecule has 0 saturated carbocycles. The van der Waals surface area contributed by atoms with E-state index in [2.05, 4.69) is 17.3 Å². The lowest BCUT2D eigenvalue weighted by Gasteiger charge is -2.06. The molecule has 1 aromatic heterocycles. The number of anilines is 1. The Balaban J connectivity index is 1.62. The maximum Gasteiger partial charge on any atom is 0.248 e. The number of carbonyl (C=O) groups excluding carboxylic acids is 1. The van der Waals surface area contributed by atoms with Crippen LogP contribution >= 0.6 is 0 Å². The fourth-order valence-electron chi connectivity index (χ4n) is 2.90. The molecule has 3 rings (SSSR count). The molecule has 3 aromatic rings. The monoisotopic (exact) mass is 345 g/mol. The molecular formula is C22H23N3O. The molecule has 0 saturated heterocycles. The van der Waals surface area contributed by atoms with Gasteiger partial charge in [0.05, 0.1) is 5.69 Å². The van der Waals surface area contributed by atoms with Gasteiger partial charge < -0.3 is 5.32 Å². The van der Waals surface area contributed by atoms with E-state index in [0.29, 0.717) is 0 Å². The van der Waals surface area contributed by atoms with Crippen molar-refractivity contribution < 1.29 is 4.79 Å². The number of aryl methyl sites for hydroxylation is 2. The second-order valence-corrected chi connectivity index (χ2v) is 6.38. The molecule has 0 aliphatic carbocycles. The summed E-state index contributed by atoms with van der Waals surface area (Å²) in [6.45, 7) is 4.12. The normalized spacial score (nSPS) is 11.0. The van der Waals surface area contributed by atoms with Crippen LogP contribution in [0.15, 0.2) is 60.7 Å². The highest BCUT2D eigenvalue weighted by Gasteiger charge is 2.10. The lowest BCUT2D eigenvalue weighted by molar-refractivity contribution is -0.111. The van der Waals surface area contributed by atoms with E-state index in [-0.39, 0.29) is 5.91 Å². The van der Waals surface area contributed by atoms with Gasteiger partial charge in [0.25, 0.3) is 0 Å². The molecule has 0 fully saturated rings. The van der Waals surface area contributed by atoms with Crippen molar-refractivity contribution >= 4 is 17.7 Å². The zero-order valence-corrected chi connectivity index (χ0v) is 15.4. The maximum atomic E-state index is 12.0. The zero-order valence-electron chi connectivity index (χ0n) is 15.4. The summed E-state index contributed by atoms with van der Waals surface area (Å²) in [4.78, 5) is 12.0. The molecule has 4 nitrogen and oxygen atoms in total. The Morgan fingerprint density at radius 1 is 1.08 bits per heavy atom. The summed E-state index contributed by atoms with van der Waals surface area (Å²) in [6.07, 6.45) is 4.19. The van der Waals surface area contributed by atoms with Gasteiger partial charge in [-0.05, 0) is 43.2 Å². The van der Waals surface area contributed by atoms with E-state index < -0.39 is 0 Å². The minimum atomic E-state index is -0.138. The number of benzene rings is 2. The van der Waals surface area contributed by atoms with Crippen molar-refractivity contribution in [3.63, 3.8) is 0 Å². The molecule has 1 heterocycles. The van der Waals surface area contributed by atoms with Gasteiger partial charge in [0.1, 0.15) is 0 Å². The number of hydrogen-bond donors (Lipinski definition) is 1. The summed E-state index contributed by atoms with van der Waals surface area (Å²) in [6, 6.07) is 17.7. The van der Waals surface area contributed by atoms with Crippen molar-refractivity contribution in [1.82, 2.24) is 9.78 Å². The molecule has 0 aliphatic rings. The predicted octanol–water partition coefficient (Wildman–Crippen LogP) is 4.28. The molecule has 4 heteroatoms. The van der Waals surface area contributed by atoms with E-state index in [0.717, 1.165) is 23.4 Å². The Labute approximate surface area is 154 Å². The van der Waals surface area contributed by atoms with Crippen LogP contribution in [0.3, 0.4) is 0 Å². The SMILES string of the molecule is Cc1nn(C)c(C)c1Cc1ccc(NC(=O)/C=C/c2ccccc2)cc1. The number of hydrogen-bond acceptors (Lipinski definition) is 2. The maximum absolute atomic E-state index is 12.0. The van der Waals surface area contributed by atoms with Gasteiger partial charge in [0.2, 0.25) is 5.91 Å². The zero-order chi connectivity index (χ0) is 18.5. The Kier molecular flexibility index (Phi) is 5.32. The van der Waals surface area contributed by atoms with Crippen LogP contribution in [0.25, 0.3) is 6.08 Å². The summed E-state index contributed by atoms with van der Waals surface area (Å²) in [5.74, 6) is -0.138. The minimum Gasteiger partial charge on any atom is -0.323 e. The van der Waals surface area contributed by atoms with Gasteiger partial charge >= 0.3 is 0 Å². The van der Waals surface area contributed by atoms with Gasteiger partial charge in [-0.2, -0.15) is 5.10 Å². The van der Waals surface area contributed by atoms with Crippen molar-refractivity contribution in [1.29, 1.82) is 0 Å². The van der Waals surface area contributed by atoms with Crippen LogP contribution in [0.1, 0.15) is 28.1 Å². The van der Waals surface area contributed by atoms with Crippen molar-refractivity contribution in [2.45, 2.75) is 20.3 Å². The van der Waals surface area contributed by atoms with E-state index in [1.165, 1.54) is 16.8 Å². The topological polar surface area (TPSA) is 46.9 Å². The van der Waals surface area contributed by atoms with Gasteiger partial charge in [0, 0.05) is 36.5 Å². The summed E-state index contributed by atoms with van der Waals surface area (Å²) >= 11 is 0. The van der Waals surface area contributed by atoms with Crippen LogP contribution in [0.4, 0.5) is 5.69 Å². The highest BCUT2D eigenvalue weighted by atomic mass is 16.1. The Bertz CT molecular complexity index is 922. The van der Waals surface area contributed by atoms with Gasteiger partial charge in [-0.15, -0.1) is 0 Å². The van der Waals surface area contributed by atoms with Crippen LogP contribution in [-0.4, -0.2) is 15.7 Å². The van der Waals surface area contributed by atoms with Crippen molar-refractivity contribution in [3.8, 4) is 0 Å². The predicted molar refractivity (Wildman–Crippen MR) is 106 cm³/mol. The lowest BCUT2D eigenvalue weighted by atomic mass is 10.0. The van der Waals surface area contributed by atoms with Crippen LogP contribution in [-0.2, 0) is 18.3 Å². The van der Waals surface area contributed by atoms with Crippen LogP contribution in [0.2, 0.25) is 0 Å². The lowest BCUT2D eigenvalue weighted by Crippen LogP contribution is -2.07. The molecule has 0 radical (unpaired) electrons. The van der Waals surface area contributed by atoms with Crippen molar-refractivity contribution in [3.05, 3.63) is 88.8 Å². The minimum absolute atomic E-state index is 0.138. The Hall–Kier alpha value is -3.14. The summed E-state index contributed by atoms with van der Waals surface area (Å²) in [5, 5.41) is 7.35. The largest absolute Gasteiger partial charge is 0.323 e. The second kappa shape index (κ2) is 7.83. The summed E-state index contributed by atoms with van der Waals surface area (Å²) in [5.41, 5.74) is 6.49. The summed E-state index contributed by atoms with van der Waals surface area (Å²) < 4.78 is 1.92. The average Bonchev–Trinajstić information content (AvgIpc) is 2.88. The Morgan fingerprint density at radius 3 is 2.38 bits per heavy atom. The standard InChI is InChI=1S/C22H23N3O/c1-16-21(17(2)25(3)24-16)15-19-9-12-20(13-10-19)23-22(26)14-11-18-7-5-4-6-8-18/h4-14H,15H2,1-3H3,(H,23,26)/b14-11+. The van der Waals surface area contributed by atoms with Crippen molar-refractivity contribution in [2.75, 3.05) is 5.32 Å². The third kappa shape index (κ3) is 4.28. The molecule has 0 bridgehead atoms. The van der Waals surface area contributed by atoms with E-state index in [1.54, 1.807) is 12.2 Å². The quantitative estimate of drug-likeness (QED) is 0.702. The number of nitrogens with one attached hydrogen (secondary N) is 1. The molecule has 0 aliphatic heterocycles. The average molecular weight is 345 g/mol. The molecular weight excluding hydrogens is 322 g/mol.